The predicted octanol–water partition coefficient (Wildman–Crippen LogP) is 1.88. The van der Waals surface area contributed by atoms with Crippen LogP contribution in [-0.4, -0.2) is 48.0 Å². The molecule has 0 aromatic carbocycles. The molecule has 1 fully saturated rings. The Morgan fingerprint density at radius 1 is 1.45 bits per heavy atom. The summed E-state index contributed by atoms with van der Waals surface area (Å²) in [5, 5.41) is 0. The van der Waals surface area contributed by atoms with Gasteiger partial charge in [0.25, 0.3) is 0 Å². The van der Waals surface area contributed by atoms with E-state index in [1.807, 2.05) is 6.92 Å². The highest BCUT2D eigenvalue weighted by atomic mass is 28.4. The molecular formula is C13H24O6Si. The van der Waals surface area contributed by atoms with Crippen molar-refractivity contribution in [2.45, 2.75) is 44.1 Å². The molecule has 1 saturated heterocycles. The van der Waals surface area contributed by atoms with Crippen LogP contribution in [0.3, 0.4) is 0 Å². The maximum absolute atomic E-state index is 11.5. The second-order valence-corrected chi connectivity index (χ2v) is 7.49. The molecule has 0 spiro atoms. The van der Waals surface area contributed by atoms with E-state index in [0.29, 0.717) is 12.8 Å². The lowest BCUT2D eigenvalue weighted by molar-refractivity contribution is -0.262. The van der Waals surface area contributed by atoms with Crippen molar-refractivity contribution in [1.29, 1.82) is 0 Å². The number of ether oxygens (including phenoxy) is 2. The third kappa shape index (κ3) is 3.47. The van der Waals surface area contributed by atoms with Gasteiger partial charge in [0.15, 0.2) is 11.9 Å². The zero-order valence-corrected chi connectivity index (χ0v) is 13.6. The number of esters is 1. The average Bonchev–Trinajstić information content (AvgIpc) is 2.51. The minimum Gasteiger partial charge on any atom is -0.454 e. The average molecular weight is 304 g/mol. The lowest BCUT2D eigenvalue weighted by Gasteiger charge is -2.46. The van der Waals surface area contributed by atoms with Gasteiger partial charge in [0.1, 0.15) is 0 Å². The van der Waals surface area contributed by atoms with Gasteiger partial charge in [-0.2, -0.15) is 0 Å². The topological polar surface area (TPSA) is 63.2 Å². The predicted molar refractivity (Wildman–Crippen MR) is 75.0 cm³/mol. The molecular weight excluding hydrogens is 280 g/mol. The van der Waals surface area contributed by atoms with Gasteiger partial charge in [-0.25, -0.2) is 4.79 Å². The van der Waals surface area contributed by atoms with E-state index in [1.165, 1.54) is 0 Å². The van der Waals surface area contributed by atoms with Gasteiger partial charge >= 0.3 is 14.8 Å². The smallest absolute Gasteiger partial charge is 0.454 e. The lowest BCUT2D eigenvalue weighted by atomic mass is 10.0. The molecule has 0 saturated carbocycles. The van der Waals surface area contributed by atoms with E-state index in [-0.39, 0.29) is 0 Å². The maximum Gasteiger partial charge on any atom is 0.502 e. The highest BCUT2D eigenvalue weighted by Gasteiger charge is 2.55. The van der Waals surface area contributed by atoms with Gasteiger partial charge in [-0.05, 0) is 12.8 Å². The Bertz CT molecular complexity index is 344. The van der Waals surface area contributed by atoms with Gasteiger partial charge in [0, 0.05) is 39.9 Å². The Balaban J connectivity index is 2.98. The van der Waals surface area contributed by atoms with Crippen LogP contribution in [0.5, 0.6) is 0 Å². The van der Waals surface area contributed by atoms with E-state index < -0.39 is 26.7 Å². The standard InChI is InChI=1S/C13H24O6Si/c1-6-11(18-12(14)7-2)13(15-3)9-8-10-20(16-4,17-5)19-13/h7,11H,2,6,8-10H2,1,3-5H3. The molecule has 1 aliphatic rings. The van der Waals surface area contributed by atoms with E-state index in [4.69, 9.17) is 22.8 Å². The molecule has 0 N–H and O–H groups in total. The molecule has 0 bridgehead atoms. The van der Waals surface area contributed by atoms with Crippen molar-refractivity contribution in [2.75, 3.05) is 21.3 Å². The molecule has 0 aromatic rings. The van der Waals surface area contributed by atoms with Gasteiger partial charge in [-0.15, -0.1) is 0 Å². The molecule has 0 aromatic heterocycles. The van der Waals surface area contributed by atoms with Gasteiger partial charge in [0.2, 0.25) is 0 Å². The fourth-order valence-corrected chi connectivity index (χ4v) is 4.76. The van der Waals surface area contributed by atoms with E-state index in [1.54, 1.807) is 21.3 Å². The van der Waals surface area contributed by atoms with Crippen LogP contribution in [0, 0.1) is 0 Å². The van der Waals surface area contributed by atoms with Crippen molar-refractivity contribution in [1.82, 2.24) is 0 Å². The van der Waals surface area contributed by atoms with Crippen LogP contribution in [0.2, 0.25) is 6.04 Å². The molecule has 0 amide bonds. The molecule has 1 aliphatic heterocycles. The molecule has 1 rings (SSSR count). The van der Waals surface area contributed by atoms with Crippen LogP contribution in [0.25, 0.3) is 0 Å². The molecule has 2 unspecified atom stereocenters. The van der Waals surface area contributed by atoms with E-state index >= 15 is 0 Å². The lowest BCUT2D eigenvalue weighted by Crippen LogP contribution is -2.61. The Labute approximate surface area is 121 Å². The fourth-order valence-electron chi connectivity index (χ4n) is 2.46. The van der Waals surface area contributed by atoms with Crippen molar-refractivity contribution >= 4 is 14.8 Å². The highest BCUT2D eigenvalue weighted by molar-refractivity contribution is 6.60. The van der Waals surface area contributed by atoms with E-state index in [0.717, 1.165) is 18.5 Å². The van der Waals surface area contributed by atoms with Gasteiger partial charge in [0.05, 0.1) is 0 Å². The zero-order valence-electron chi connectivity index (χ0n) is 12.6. The monoisotopic (exact) mass is 304 g/mol. The highest BCUT2D eigenvalue weighted by Crippen LogP contribution is 2.39. The van der Waals surface area contributed by atoms with Crippen LogP contribution in [0.1, 0.15) is 26.2 Å². The van der Waals surface area contributed by atoms with E-state index in [9.17, 15) is 4.79 Å². The Morgan fingerprint density at radius 3 is 2.55 bits per heavy atom. The van der Waals surface area contributed by atoms with Crippen LogP contribution >= 0.6 is 0 Å². The molecule has 0 radical (unpaired) electrons. The van der Waals surface area contributed by atoms with Gasteiger partial charge in [-0.3, -0.25) is 0 Å². The van der Waals surface area contributed by atoms with Crippen LogP contribution in [0.4, 0.5) is 0 Å². The van der Waals surface area contributed by atoms with Crippen LogP contribution < -0.4 is 0 Å². The third-order valence-corrected chi connectivity index (χ3v) is 6.46. The summed E-state index contributed by atoms with van der Waals surface area (Å²) >= 11 is 0. The van der Waals surface area contributed by atoms with Crippen molar-refractivity contribution in [3.8, 4) is 0 Å². The maximum atomic E-state index is 11.5. The number of methoxy groups -OCH3 is 1. The number of hydrogen-bond acceptors (Lipinski definition) is 6. The summed E-state index contributed by atoms with van der Waals surface area (Å²) in [6.45, 7) is 5.31. The molecule has 0 aliphatic carbocycles. The molecule has 20 heavy (non-hydrogen) atoms. The second kappa shape index (κ2) is 7.33. The van der Waals surface area contributed by atoms with Crippen molar-refractivity contribution < 1.29 is 27.5 Å². The van der Waals surface area contributed by atoms with Crippen LogP contribution in [0.15, 0.2) is 12.7 Å². The summed E-state index contributed by atoms with van der Waals surface area (Å²) in [5.41, 5.74) is 0. The first kappa shape index (κ1) is 17.3. The molecule has 1 heterocycles. The minimum atomic E-state index is -2.77. The second-order valence-electron chi connectivity index (χ2n) is 4.60. The minimum absolute atomic E-state index is 0.496. The first-order valence-electron chi connectivity index (χ1n) is 6.70. The van der Waals surface area contributed by atoms with Crippen molar-refractivity contribution in [3.05, 3.63) is 12.7 Å². The number of rotatable bonds is 7. The third-order valence-electron chi connectivity index (χ3n) is 3.59. The van der Waals surface area contributed by atoms with Crippen molar-refractivity contribution in [3.63, 3.8) is 0 Å². The van der Waals surface area contributed by atoms with Gasteiger partial charge in [-0.1, -0.05) is 13.5 Å². The Morgan fingerprint density at radius 2 is 2.10 bits per heavy atom. The SMILES string of the molecule is C=CC(=O)OC(CC)C1(OC)CCC[Si](OC)(OC)O1. The normalized spacial score (nSPS) is 26.8. The largest absolute Gasteiger partial charge is 0.502 e. The van der Waals surface area contributed by atoms with Crippen LogP contribution in [-0.2, 0) is 27.5 Å². The Kier molecular flexibility index (Phi) is 6.34. The summed E-state index contributed by atoms with van der Waals surface area (Å²) in [6.07, 6.45) is 2.60. The first-order valence-corrected chi connectivity index (χ1v) is 8.63. The van der Waals surface area contributed by atoms with Crippen molar-refractivity contribution in [2.24, 2.45) is 0 Å². The number of carbonyl (C=O) groups excluding carboxylic acids is 1. The number of hydrogen-bond donors (Lipinski definition) is 0. The zero-order chi connectivity index (χ0) is 15.2. The summed E-state index contributed by atoms with van der Waals surface area (Å²) in [5.74, 6) is -1.52. The van der Waals surface area contributed by atoms with Gasteiger partial charge < -0.3 is 22.8 Å². The molecule has 6 nitrogen and oxygen atoms in total. The first-order chi connectivity index (χ1) is 9.51. The Hall–Kier alpha value is -0.733. The molecule has 7 heteroatoms. The summed E-state index contributed by atoms with van der Waals surface area (Å²) in [7, 11) is 1.91. The molecule has 2 atom stereocenters. The summed E-state index contributed by atoms with van der Waals surface area (Å²) in [6, 6.07) is 0.719. The summed E-state index contributed by atoms with van der Waals surface area (Å²) < 4.78 is 27.9. The summed E-state index contributed by atoms with van der Waals surface area (Å²) in [4.78, 5) is 11.5. The number of carbonyl (C=O) groups is 1. The molecule has 116 valence electrons. The quantitative estimate of drug-likeness (QED) is 0.406. The van der Waals surface area contributed by atoms with E-state index in [2.05, 4.69) is 6.58 Å². The fraction of sp³-hybridized carbons (Fsp3) is 0.769.